The van der Waals surface area contributed by atoms with Crippen molar-refractivity contribution in [3.63, 3.8) is 0 Å². The molecule has 1 aromatic rings. The second kappa shape index (κ2) is 5.83. The molecule has 0 fully saturated rings. The molecule has 0 aliphatic rings. The summed E-state index contributed by atoms with van der Waals surface area (Å²) in [6.07, 6.45) is -1.48. The number of amides is 1. The average molecular weight is 238 g/mol. The molecule has 1 rings (SSSR count). The fraction of sp³-hybridized carbons (Fsp3) is 0.364. The summed E-state index contributed by atoms with van der Waals surface area (Å²) in [4.78, 5) is 21.4. The highest BCUT2D eigenvalue weighted by atomic mass is 16.6. The van der Waals surface area contributed by atoms with Crippen LogP contribution in [0.2, 0.25) is 0 Å². The van der Waals surface area contributed by atoms with Crippen LogP contribution < -0.4 is 5.32 Å². The van der Waals surface area contributed by atoms with E-state index in [0.29, 0.717) is 5.69 Å². The lowest BCUT2D eigenvalue weighted by atomic mass is 10.2. The van der Waals surface area contributed by atoms with E-state index in [0.717, 1.165) is 0 Å². The summed E-state index contributed by atoms with van der Waals surface area (Å²) in [5, 5.41) is 13.0. The molecule has 6 nitrogen and oxygen atoms in total. The maximum absolute atomic E-state index is 11.4. The Hall–Kier alpha value is -2.11. The first-order valence-electron chi connectivity index (χ1n) is 5.17. The monoisotopic (exact) mass is 238 g/mol. The molecule has 0 bridgehead atoms. The third-order valence-corrected chi connectivity index (χ3v) is 2.32. The molecular formula is C11H14N2O4. The highest BCUT2D eigenvalue weighted by Gasteiger charge is 2.25. The standard InChI is InChI=1S/C11H14N2O4/c1-8(13(15)16)9(2)17-11(14)12-10-6-4-3-5-7-10/h3-9H,1-2H3,(H,12,14). The van der Waals surface area contributed by atoms with Gasteiger partial charge in [-0.15, -0.1) is 0 Å². The van der Waals surface area contributed by atoms with Gasteiger partial charge in [-0.1, -0.05) is 18.2 Å². The lowest BCUT2D eigenvalue weighted by molar-refractivity contribution is -0.528. The number of carbonyl (C=O) groups is 1. The summed E-state index contributed by atoms with van der Waals surface area (Å²) in [6.45, 7) is 2.87. The molecule has 0 saturated carbocycles. The predicted octanol–water partition coefficient (Wildman–Crippen LogP) is 2.29. The van der Waals surface area contributed by atoms with Crippen molar-refractivity contribution in [3.8, 4) is 0 Å². The second-order valence-electron chi connectivity index (χ2n) is 3.63. The van der Waals surface area contributed by atoms with Crippen LogP contribution >= 0.6 is 0 Å². The summed E-state index contributed by atoms with van der Waals surface area (Å²) >= 11 is 0. The minimum atomic E-state index is -0.934. The molecule has 1 aromatic carbocycles. The first-order chi connectivity index (χ1) is 8.00. The van der Waals surface area contributed by atoms with E-state index in [-0.39, 0.29) is 0 Å². The summed E-state index contributed by atoms with van der Waals surface area (Å²) < 4.78 is 4.89. The van der Waals surface area contributed by atoms with E-state index < -0.39 is 23.2 Å². The minimum Gasteiger partial charge on any atom is -0.439 e. The zero-order chi connectivity index (χ0) is 12.8. The first-order valence-corrected chi connectivity index (χ1v) is 5.17. The topological polar surface area (TPSA) is 81.5 Å². The summed E-state index contributed by atoms with van der Waals surface area (Å²) in [5.74, 6) is 0. The van der Waals surface area contributed by atoms with Gasteiger partial charge >= 0.3 is 6.09 Å². The van der Waals surface area contributed by atoms with Gasteiger partial charge in [0.15, 0.2) is 6.10 Å². The van der Waals surface area contributed by atoms with Gasteiger partial charge in [-0.05, 0) is 19.1 Å². The van der Waals surface area contributed by atoms with Crippen LogP contribution in [0.15, 0.2) is 30.3 Å². The molecule has 0 aliphatic carbocycles. The molecule has 17 heavy (non-hydrogen) atoms. The largest absolute Gasteiger partial charge is 0.439 e. The van der Waals surface area contributed by atoms with Gasteiger partial charge in [0.2, 0.25) is 6.04 Å². The van der Waals surface area contributed by atoms with E-state index >= 15 is 0 Å². The molecule has 0 aliphatic heterocycles. The molecule has 1 N–H and O–H groups in total. The molecule has 0 heterocycles. The van der Waals surface area contributed by atoms with Crippen LogP contribution in [0.5, 0.6) is 0 Å². The van der Waals surface area contributed by atoms with E-state index in [2.05, 4.69) is 5.32 Å². The highest BCUT2D eigenvalue weighted by Crippen LogP contribution is 2.08. The number of benzene rings is 1. The molecule has 92 valence electrons. The predicted molar refractivity (Wildman–Crippen MR) is 62.5 cm³/mol. The Morgan fingerprint density at radius 1 is 1.35 bits per heavy atom. The van der Waals surface area contributed by atoms with Crippen molar-refractivity contribution in [3.05, 3.63) is 40.4 Å². The van der Waals surface area contributed by atoms with Gasteiger partial charge in [0.25, 0.3) is 0 Å². The van der Waals surface area contributed by atoms with Gasteiger partial charge in [-0.2, -0.15) is 0 Å². The van der Waals surface area contributed by atoms with Crippen LogP contribution in [0, 0.1) is 10.1 Å². The third-order valence-electron chi connectivity index (χ3n) is 2.32. The molecule has 1 amide bonds. The second-order valence-corrected chi connectivity index (χ2v) is 3.63. The minimum absolute atomic E-state index is 0.486. The summed E-state index contributed by atoms with van der Waals surface area (Å²) in [6, 6.07) is 7.80. The third kappa shape index (κ3) is 4.10. The Morgan fingerprint density at radius 3 is 2.47 bits per heavy atom. The molecular weight excluding hydrogens is 224 g/mol. The van der Waals surface area contributed by atoms with E-state index in [9.17, 15) is 14.9 Å². The Labute approximate surface area is 98.7 Å². The fourth-order valence-corrected chi connectivity index (χ4v) is 1.11. The molecule has 0 aromatic heterocycles. The number of rotatable bonds is 4. The van der Waals surface area contributed by atoms with Crippen molar-refractivity contribution >= 4 is 11.8 Å². The number of hydrogen-bond donors (Lipinski definition) is 1. The SMILES string of the molecule is CC(OC(=O)Nc1ccccc1)C(C)[N+](=O)[O-]. The Kier molecular flexibility index (Phi) is 4.45. The number of nitrogens with one attached hydrogen (secondary N) is 1. The van der Waals surface area contributed by atoms with Crippen LogP contribution in [-0.4, -0.2) is 23.2 Å². The van der Waals surface area contributed by atoms with Crippen LogP contribution in [0.3, 0.4) is 0 Å². The Bertz CT molecular complexity index is 394. The molecule has 2 atom stereocenters. The van der Waals surface area contributed by atoms with Gasteiger partial charge in [-0.3, -0.25) is 15.4 Å². The summed E-state index contributed by atoms with van der Waals surface area (Å²) in [5.41, 5.74) is 0.582. The maximum Gasteiger partial charge on any atom is 0.412 e. The van der Waals surface area contributed by atoms with Crippen molar-refractivity contribution in [2.75, 3.05) is 5.32 Å². The number of carbonyl (C=O) groups excluding carboxylic acids is 1. The quantitative estimate of drug-likeness (QED) is 0.644. The van der Waals surface area contributed by atoms with Gasteiger partial charge in [-0.25, -0.2) is 4.79 Å². The molecule has 0 radical (unpaired) electrons. The number of hydrogen-bond acceptors (Lipinski definition) is 4. The van der Waals surface area contributed by atoms with Gasteiger partial charge < -0.3 is 4.74 Å². The van der Waals surface area contributed by atoms with E-state index in [1.165, 1.54) is 13.8 Å². The van der Waals surface area contributed by atoms with E-state index in [1.807, 2.05) is 6.07 Å². The van der Waals surface area contributed by atoms with Gasteiger partial charge in [0.05, 0.1) is 0 Å². The van der Waals surface area contributed by atoms with E-state index in [1.54, 1.807) is 24.3 Å². The maximum atomic E-state index is 11.4. The van der Waals surface area contributed by atoms with Crippen LogP contribution in [0.4, 0.5) is 10.5 Å². The fourth-order valence-electron chi connectivity index (χ4n) is 1.11. The van der Waals surface area contributed by atoms with Crippen molar-refractivity contribution in [1.82, 2.24) is 0 Å². The lowest BCUT2D eigenvalue weighted by Crippen LogP contribution is -2.33. The van der Waals surface area contributed by atoms with Crippen molar-refractivity contribution in [2.45, 2.75) is 26.0 Å². The molecule has 0 spiro atoms. The number of ether oxygens (including phenoxy) is 1. The average Bonchev–Trinajstić information content (AvgIpc) is 2.28. The Morgan fingerprint density at radius 2 is 1.94 bits per heavy atom. The normalized spacial score (nSPS) is 13.5. The van der Waals surface area contributed by atoms with Crippen LogP contribution in [0.25, 0.3) is 0 Å². The summed E-state index contributed by atoms with van der Waals surface area (Å²) in [7, 11) is 0. The number of nitro groups is 1. The molecule has 0 saturated heterocycles. The zero-order valence-corrected chi connectivity index (χ0v) is 9.62. The first kappa shape index (κ1) is 13.0. The number of anilines is 1. The van der Waals surface area contributed by atoms with Crippen LogP contribution in [0.1, 0.15) is 13.8 Å². The van der Waals surface area contributed by atoms with Crippen molar-refractivity contribution in [2.24, 2.45) is 0 Å². The number of nitrogens with zero attached hydrogens (tertiary/aromatic N) is 1. The molecule has 6 heteroatoms. The molecule has 2 unspecified atom stereocenters. The van der Waals surface area contributed by atoms with Crippen molar-refractivity contribution < 1.29 is 14.5 Å². The van der Waals surface area contributed by atoms with E-state index in [4.69, 9.17) is 4.74 Å². The van der Waals surface area contributed by atoms with Crippen LogP contribution in [-0.2, 0) is 4.74 Å². The smallest absolute Gasteiger partial charge is 0.412 e. The highest BCUT2D eigenvalue weighted by molar-refractivity contribution is 5.84. The van der Waals surface area contributed by atoms with Crippen molar-refractivity contribution in [1.29, 1.82) is 0 Å². The van der Waals surface area contributed by atoms with Gasteiger partial charge in [0, 0.05) is 17.5 Å². The Balaban J connectivity index is 2.48. The lowest BCUT2D eigenvalue weighted by Gasteiger charge is -2.14. The van der Waals surface area contributed by atoms with Gasteiger partial charge in [0.1, 0.15) is 0 Å². The number of para-hydroxylation sites is 1. The zero-order valence-electron chi connectivity index (χ0n) is 9.62.